The molecule has 3 aromatic carbocycles. The first-order valence-electron chi connectivity index (χ1n) is 9.79. The number of carbonyl (C=O) groups is 3. The number of carbonyl (C=O) groups excluding carboxylic acids is 3. The van der Waals surface area contributed by atoms with Crippen molar-refractivity contribution in [3.63, 3.8) is 0 Å². The van der Waals surface area contributed by atoms with Crippen molar-refractivity contribution >= 4 is 35.1 Å². The number of rotatable bonds is 6. The molecule has 0 aromatic heterocycles. The van der Waals surface area contributed by atoms with E-state index < -0.39 is 23.9 Å². The summed E-state index contributed by atoms with van der Waals surface area (Å²) in [5.41, 5.74) is 2.14. The van der Waals surface area contributed by atoms with E-state index >= 15 is 0 Å². The summed E-state index contributed by atoms with van der Waals surface area (Å²) in [4.78, 5) is 41.4. The van der Waals surface area contributed by atoms with E-state index in [2.05, 4.69) is 5.32 Å². The molecular weight excluding hydrogens is 414 g/mol. The first kappa shape index (κ1) is 20.6. The molecule has 1 N–H and O–H groups in total. The van der Waals surface area contributed by atoms with Gasteiger partial charge in [-0.05, 0) is 35.4 Å². The van der Waals surface area contributed by atoms with E-state index in [0.717, 1.165) is 10.5 Å². The van der Waals surface area contributed by atoms with Gasteiger partial charge in [-0.25, -0.2) is 4.79 Å². The highest BCUT2D eigenvalue weighted by Gasteiger charge is 2.46. The summed E-state index contributed by atoms with van der Waals surface area (Å²) in [7, 11) is 0. The Morgan fingerprint density at radius 3 is 2.13 bits per heavy atom. The number of anilines is 1. The number of urea groups is 1. The van der Waals surface area contributed by atoms with Crippen molar-refractivity contribution in [2.75, 3.05) is 11.9 Å². The number of amides is 4. The zero-order valence-electron chi connectivity index (χ0n) is 16.6. The fraction of sp³-hybridized carbons (Fsp3) is 0.125. The van der Waals surface area contributed by atoms with Crippen LogP contribution in [-0.2, 0) is 16.1 Å². The van der Waals surface area contributed by atoms with Gasteiger partial charge in [0.1, 0.15) is 12.6 Å². The van der Waals surface area contributed by atoms with E-state index in [4.69, 9.17) is 11.6 Å². The van der Waals surface area contributed by atoms with E-state index in [1.807, 2.05) is 60.7 Å². The standard InChI is InChI=1S/C24H20ClN3O3/c25-19-11-13-20(14-12-19)26-21(29)16-28-23(30)22(18-9-5-2-6-10-18)27(24(28)31)15-17-7-3-1-4-8-17/h1-14,22H,15-16H2,(H,26,29). The molecule has 1 aliphatic heterocycles. The van der Waals surface area contributed by atoms with Crippen molar-refractivity contribution in [1.29, 1.82) is 0 Å². The lowest BCUT2D eigenvalue weighted by molar-refractivity contribution is -0.131. The van der Waals surface area contributed by atoms with Crippen molar-refractivity contribution in [3.8, 4) is 0 Å². The van der Waals surface area contributed by atoms with Crippen LogP contribution >= 0.6 is 11.6 Å². The molecule has 0 spiro atoms. The molecule has 156 valence electrons. The number of hydrogen-bond donors (Lipinski definition) is 1. The Balaban J connectivity index is 1.56. The average Bonchev–Trinajstić information content (AvgIpc) is 3.01. The second-order valence-electron chi connectivity index (χ2n) is 7.19. The summed E-state index contributed by atoms with van der Waals surface area (Å²) >= 11 is 5.86. The Kier molecular flexibility index (Phi) is 6.00. The number of imide groups is 1. The fourth-order valence-corrected chi connectivity index (χ4v) is 3.69. The molecule has 1 fully saturated rings. The van der Waals surface area contributed by atoms with E-state index in [1.54, 1.807) is 24.3 Å². The molecule has 3 aromatic rings. The Bertz CT molecular complexity index is 1090. The van der Waals surface area contributed by atoms with Gasteiger partial charge in [0, 0.05) is 17.3 Å². The van der Waals surface area contributed by atoms with Crippen molar-refractivity contribution < 1.29 is 14.4 Å². The molecule has 7 heteroatoms. The van der Waals surface area contributed by atoms with Crippen molar-refractivity contribution in [3.05, 3.63) is 101 Å². The maximum Gasteiger partial charge on any atom is 0.328 e. The van der Waals surface area contributed by atoms with Crippen molar-refractivity contribution in [2.45, 2.75) is 12.6 Å². The highest BCUT2D eigenvalue weighted by atomic mass is 35.5. The zero-order chi connectivity index (χ0) is 21.8. The quantitative estimate of drug-likeness (QED) is 0.582. The van der Waals surface area contributed by atoms with Gasteiger partial charge in [-0.2, -0.15) is 0 Å². The lowest BCUT2D eigenvalue weighted by atomic mass is 10.1. The zero-order valence-corrected chi connectivity index (χ0v) is 17.3. The third kappa shape index (κ3) is 4.59. The van der Waals surface area contributed by atoms with Gasteiger partial charge < -0.3 is 10.2 Å². The number of benzene rings is 3. The Morgan fingerprint density at radius 2 is 1.48 bits per heavy atom. The van der Waals surface area contributed by atoms with Gasteiger partial charge in [-0.15, -0.1) is 0 Å². The smallest absolute Gasteiger partial charge is 0.325 e. The highest BCUT2D eigenvalue weighted by molar-refractivity contribution is 6.30. The van der Waals surface area contributed by atoms with E-state index in [1.165, 1.54) is 4.90 Å². The Labute approximate surface area is 185 Å². The van der Waals surface area contributed by atoms with Crippen LogP contribution in [0.4, 0.5) is 10.5 Å². The van der Waals surface area contributed by atoms with Crippen LogP contribution in [0.1, 0.15) is 17.2 Å². The maximum absolute atomic E-state index is 13.2. The lowest BCUT2D eigenvalue weighted by Gasteiger charge is -2.22. The molecule has 0 aliphatic carbocycles. The van der Waals surface area contributed by atoms with Crippen molar-refractivity contribution in [2.24, 2.45) is 0 Å². The predicted octanol–water partition coefficient (Wildman–Crippen LogP) is 4.48. The SMILES string of the molecule is O=C(CN1C(=O)C(c2ccccc2)N(Cc2ccccc2)C1=O)Nc1ccc(Cl)cc1. The van der Waals surface area contributed by atoms with Crippen LogP contribution in [0.3, 0.4) is 0 Å². The van der Waals surface area contributed by atoms with Crippen LogP contribution in [-0.4, -0.2) is 34.2 Å². The van der Waals surface area contributed by atoms with Crippen LogP contribution in [0.25, 0.3) is 0 Å². The third-order valence-electron chi connectivity index (χ3n) is 5.03. The molecular formula is C24H20ClN3O3. The topological polar surface area (TPSA) is 69.7 Å². The minimum absolute atomic E-state index is 0.264. The lowest BCUT2D eigenvalue weighted by Crippen LogP contribution is -2.38. The molecule has 6 nitrogen and oxygen atoms in total. The minimum Gasteiger partial charge on any atom is -0.325 e. The molecule has 0 radical (unpaired) electrons. The summed E-state index contributed by atoms with van der Waals surface area (Å²) < 4.78 is 0. The summed E-state index contributed by atoms with van der Waals surface area (Å²) in [6, 6.07) is 23.9. The van der Waals surface area contributed by atoms with Crippen LogP contribution in [0.5, 0.6) is 0 Å². The van der Waals surface area contributed by atoms with Gasteiger partial charge in [0.05, 0.1) is 0 Å². The molecule has 1 aliphatic rings. The van der Waals surface area contributed by atoms with E-state index in [0.29, 0.717) is 16.3 Å². The largest absolute Gasteiger partial charge is 0.328 e. The molecule has 4 rings (SSSR count). The van der Waals surface area contributed by atoms with Gasteiger partial charge in [0.25, 0.3) is 5.91 Å². The Hall–Kier alpha value is -3.64. The number of halogens is 1. The molecule has 1 unspecified atom stereocenters. The van der Waals surface area contributed by atoms with Crippen LogP contribution in [0.15, 0.2) is 84.9 Å². The average molecular weight is 434 g/mol. The molecule has 0 saturated carbocycles. The van der Waals surface area contributed by atoms with Gasteiger partial charge in [-0.1, -0.05) is 72.3 Å². The molecule has 4 amide bonds. The number of hydrogen-bond acceptors (Lipinski definition) is 3. The second kappa shape index (κ2) is 9.02. The van der Waals surface area contributed by atoms with E-state index in [-0.39, 0.29) is 13.1 Å². The van der Waals surface area contributed by atoms with Crippen LogP contribution in [0, 0.1) is 0 Å². The molecule has 0 bridgehead atoms. The highest BCUT2D eigenvalue weighted by Crippen LogP contribution is 2.32. The van der Waals surface area contributed by atoms with Gasteiger partial charge >= 0.3 is 6.03 Å². The molecule has 1 saturated heterocycles. The number of nitrogens with zero attached hydrogens (tertiary/aromatic N) is 2. The summed E-state index contributed by atoms with van der Waals surface area (Å²) in [5.74, 6) is -0.879. The molecule has 1 atom stereocenters. The molecule has 1 heterocycles. The van der Waals surface area contributed by atoms with Crippen LogP contribution in [0.2, 0.25) is 5.02 Å². The second-order valence-corrected chi connectivity index (χ2v) is 7.63. The van der Waals surface area contributed by atoms with E-state index in [9.17, 15) is 14.4 Å². The Morgan fingerprint density at radius 1 is 0.871 bits per heavy atom. The van der Waals surface area contributed by atoms with Crippen molar-refractivity contribution in [1.82, 2.24) is 9.80 Å². The summed E-state index contributed by atoms with van der Waals surface area (Å²) in [6.45, 7) is -0.102. The third-order valence-corrected chi connectivity index (χ3v) is 5.28. The fourth-order valence-electron chi connectivity index (χ4n) is 3.56. The maximum atomic E-state index is 13.2. The van der Waals surface area contributed by atoms with Crippen LogP contribution < -0.4 is 5.32 Å². The molecule has 31 heavy (non-hydrogen) atoms. The number of nitrogens with one attached hydrogen (secondary N) is 1. The first-order valence-corrected chi connectivity index (χ1v) is 10.2. The summed E-state index contributed by atoms with van der Waals surface area (Å²) in [6.07, 6.45) is 0. The minimum atomic E-state index is -0.780. The summed E-state index contributed by atoms with van der Waals surface area (Å²) in [5, 5.41) is 3.24. The first-order chi connectivity index (χ1) is 15.0. The normalized spacial score (nSPS) is 16.0. The van der Waals surface area contributed by atoms with Gasteiger partial charge in [-0.3, -0.25) is 14.5 Å². The van der Waals surface area contributed by atoms with Gasteiger partial charge in [0.15, 0.2) is 0 Å². The monoisotopic (exact) mass is 433 g/mol. The predicted molar refractivity (Wildman–Crippen MR) is 118 cm³/mol. The van der Waals surface area contributed by atoms with Gasteiger partial charge in [0.2, 0.25) is 5.91 Å².